The number of hydrogen-bond acceptors (Lipinski definition) is 7. The lowest BCUT2D eigenvalue weighted by molar-refractivity contribution is -0.137. The number of fused-ring (bicyclic) bond motifs is 1. The van der Waals surface area contributed by atoms with Crippen LogP contribution in [0, 0.1) is 0 Å². The van der Waals surface area contributed by atoms with Gasteiger partial charge in [0.05, 0.1) is 11.1 Å². The number of carbonyl (C=O) groups is 1. The summed E-state index contributed by atoms with van der Waals surface area (Å²) in [7, 11) is 0. The van der Waals surface area contributed by atoms with E-state index in [1.165, 1.54) is 16.9 Å². The van der Waals surface area contributed by atoms with E-state index in [4.69, 9.17) is 9.84 Å². The van der Waals surface area contributed by atoms with Crippen LogP contribution in [-0.2, 0) is 11.2 Å². The van der Waals surface area contributed by atoms with Gasteiger partial charge in [-0.15, -0.1) is 0 Å². The fraction of sp³-hybridized carbons (Fsp3) is 0.381. The Bertz CT molecular complexity index is 919. The molecule has 152 valence electrons. The van der Waals surface area contributed by atoms with Crippen LogP contribution in [0.5, 0.6) is 10.9 Å². The standard InChI is InChI=1S/C21H24N4O3S/c26-19(27)8-11-25-14-12-24(13-15-25)10-7-16-3-5-17(6-4-16)28-21-23-20-18(29-21)2-1-9-22-20/h1-6,9H,7-8,10-15H2,(H,26,27). The molecule has 29 heavy (non-hydrogen) atoms. The summed E-state index contributed by atoms with van der Waals surface area (Å²) in [6.45, 7) is 5.53. The Labute approximate surface area is 173 Å². The average Bonchev–Trinajstić information content (AvgIpc) is 3.15. The molecule has 1 N–H and O–H groups in total. The van der Waals surface area contributed by atoms with Gasteiger partial charge in [-0.3, -0.25) is 4.79 Å². The molecule has 0 radical (unpaired) electrons. The Morgan fingerprint density at radius 3 is 2.48 bits per heavy atom. The molecule has 8 heteroatoms. The van der Waals surface area contributed by atoms with Crippen molar-refractivity contribution in [3.63, 3.8) is 0 Å². The number of aromatic nitrogens is 2. The molecule has 0 spiro atoms. The van der Waals surface area contributed by atoms with Gasteiger partial charge in [-0.1, -0.05) is 23.5 Å². The zero-order valence-electron chi connectivity index (χ0n) is 16.2. The van der Waals surface area contributed by atoms with E-state index in [1.807, 2.05) is 24.3 Å². The minimum Gasteiger partial charge on any atom is -0.481 e. The maximum absolute atomic E-state index is 10.7. The first kappa shape index (κ1) is 19.8. The Kier molecular flexibility index (Phi) is 6.33. The van der Waals surface area contributed by atoms with Gasteiger partial charge in [0, 0.05) is 45.5 Å². The second-order valence-corrected chi connectivity index (χ2v) is 8.12. The molecule has 2 aromatic heterocycles. The number of carboxylic acids is 1. The summed E-state index contributed by atoms with van der Waals surface area (Å²) >= 11 is 1.49. The number of aliphatic carboxylic acids is 1. The van der Waals surface area contributed by atoms with Crippen LogP contribution < -0.4 is 4.74 Å². The van der Waals surface area contributed by atoms with E-state index in [1.54, 1.807) is 6.20 Å². The number of nitrogens with zero attached hydrogens (tertiary/aromatic N) is 4. The van der Waals surface area contributed by atoms with Crippen molar-refractivity contribution in [1.82, 2.24) is 19.8 Å². The van der Waals surface area contributed by atoms with Crippen LogP contribution in [0.25, 0.3) is 10.3 Å². The Hall–Kier alpha value is -2.55. The molecule has 0 aliphatic carbocycles. The van der Waals surface area contributed by atoms with Crippen molar-refractivity contribution in [2.75, 3.05) is 39.3 Å². The number of ether oxygens (including phenoxy) is 1. The molecule has 4 rings (SSSR count). The largest absolute Gasteiger partial charge is 0.481 e. The van der Waals surface area contributed by atoms with Crippen molar-refractivity contribution >= 4 is 27.7 Å². The fourth-order valence-electron chi connectivity index (χ4n) is 3.40. The average molecular weight is 413 g/mol. The predicted molar refractivity (Wildman–Crippen MR) is 113 cm³/mol. The van der Waals surface area contributed by atoms with E-state index in [0.29, 0.717) is 17.4 Å². The molecular weight excluding hydrogens is 388 g/mol. The van der Waals surface area contributed by atoms with Crippen LogP contribution in [0.15, 0.2) is 42.6 Å². The quantitative estimate of drug-likeness (QED) is 0.609. The molecule has 1 aromatic carbocycles. The van der Waals surface area contributed by atoms with Gasteiger partial charge in [0.25, 0.3) is 5.19 Å². The van der Waals surface area contributed by atoms with E-state index in [2.05, 4.69) is 31.9 Å². The first-order valence-electron chi connectivity index (χ1n) is 9.80. The number of benzene rings is 1. The summed E-state index contributed by atoms with van der Waals surface area (Å²) in [4.78, 5) is 24.0. The van der Waals surface area contributed by atoms with E-state index in [9.17, 15) is 4.79 Å². The topological polar surface area (TPSA) is 78.8 Å². The van der Waals surface area contributed by atoms with Crippen molar-refractivity contribution in [3.05, 3.63) is 48.2 Å². The summed E-state index contributed by atoms with van der Waals surface area (Å²) in [5, 5.41) is 9.39. The second-order valence-electron chi connectivity index (χ2n) is 7.13. The number of piperazine rings is 1. The highest BCUT2D eigenvalue weighted by Gasteiger charge is 2.17. The third kappa shape index (κ3) is 5.50. The van der Waals surface area contributed by atoms with Crippen LogP contribution in [0.3, 0.4) is 0 Å². The SMILES string of the molecule is O=C(O)CCN1CCN(CCc2ccc(Oc3nc4ncccc4s3)cc2)CC1. The van der Waals surface area contributed by atoms with E-state index in [0.717, 1.165) is 49.6 Å². The lowest BCUT2D eigenvalue weighted by Crippen LogP contribution is -2.47. The normalized spacial score (nSPS) is 15.6. The number of carboxylic acid groups (broad SMARTS) is 1. The monoisotopic (exact) mass is 412 g/mol. The highest BCUT2D eigenvalue weighted by Crippen LogP contribution is 2.30. The third-order valence-electron chi connectivity index (χ3n) is 5.10. The molecule has 1 aliphatic rings. The van der Waals surface area contributed by atoms with Gasteiger partial charge < -0.3 is 19.6 Å². The molecule has 1 saturated heterocycles. The minimum atomic E-state index is -0.723. The molecule has 3 aromatic rings. The molecule has 1 aliphatic heterocycles. The van der Waals surface area contributed by atoms with Crippen LogP contribution in [0.2, 0.25) is 0 Å². The van der Waals surface area contributed by atoms with E-state index in [-0.39, 0.29) is 6.42 Å². The van der Waals surface area contributed by atoms with Gasteiger partial charge in [-0.25, -0.2) is 4.98 Å². The van der Waals surface area contributed by atoms with Crippen molar-refractivity contribution in [3.8, 4) is 10.9 Å². The van der Waals surface area contributed by atoms with Gasteiger partial charge in [0.2, 0.25) is 0 Å². The molecule has 7 nitrogen and oxygen atoms in total. The van der Waals surface area contributed by atoms with E-state index >= 15 is 0 Å². The fourth-order valence-corrected chi connectivity index (χ4v) is 4.19. The molecule has 0 unspecified atom stereocenters. The van der Waals surface area contributed by atoms with Crippen LogP contribution in [-0.4, -0.2) is 70.1 Å². The highest BCUT2D eigenvalue weighted by molar-refractivity contribution is 7.20. The second kappa shape index (κ2) is 9.30. The zero-order valence-corrected chi connectivity index (χ0v) is 17.0. The summed E-state index contributed by atoms with van der Waals surface area (Å²) < 4.78 is 6.89. The highest BCUT2D eigenvalue weighted by atomic mass is 32.1. The van der Waals surface area contributed by atoms with E-state index < -0.39 is 5.97 Å². The third-order valence-corrected chi connectivity index (χ3v) is 5.99. The van der Waals surface area contributed by atoms with Gasteiger partial charge in [-0.05, 0) is 36.2 Å². The van der Waals surface area contributed by atoms with Crippen LogP contribution in [0.4, 0.5) is 0 Å². The summed E-state index contributed by atoms with van der Waals surface area (Å²) in [6, 6.07) is 12.1. The number of thiazole rings is 1. The van der Waals surface area contributed by atoms with Gasteiger partial charge in [-0.2, -0.15) is 4.98 Å². The molecule has 0 saturated carbocycles. The molecule has 3 heterocycles. The predicted octanol–water partition coefficient (Wildman–Crippen LogP) is 3.12. The van der Waals surface area contributed by atoms with Crippen molar-refractivity contribution in [2.24, 2.45) is 0 Å². The van der Waals surface area contributed by atoms with Crippen LogP contribution in [0.1, 0.15) is 12.0 Å². The molecule has 1 fully saturated rings. The van der Waals surface area contributed by atoms with Gasteiger partial charge in [0.1, 0.15) is 5.75 Å². The van der Waals surface area contributed by atoms with Gasteiger partial charge in [0.15, 0.2) is 5.65 Å². The summed E-state index contributed by atoms with van der Waals surface area (Å²) in [6.07, 6.45) is 2.94. The molecule has 0 bridgehead atoms. The maximum atomic E-state index is 10.7. The lowest BCUT2D eigenvalue weighted by Gasteiger charge is -2.34. The smallest absolute Gasteiger partial charge is 0.304 e. The Balaban J connectivity index is 1.23. The molecule has 0 atom stereocenters. The van der Waals surface area contributed by atoms with Crippen molar-refractivity contribution in [1.29, 1.82) is 0 Å². The first-order valence-corrected chi connectivity index (χ1v) is 10.6. The first-order chi connectivity index (χ1) is 14.2. The van der Waals surface area contributed by atoms with Crippen LogP contribution >= 0.6 is 11.3 Å². The van der Waals surface area contributed by atoms with Gasteiger partial charge >= 0.3 is 5.97 Å². The Morgan fingerprint density at radius 2 is 1.79 bits per heavy atom. The summed E-state index contributed by atoms with van der Waals surface area (Å²) in [5.41, 5.74) is 1.99. The lowest BCUT2D eigenvalue weighted by atomic mass is 10.1. The zero-order chi connectivity index (χ0) is 20.1. The molecular formula is C21H24N4O3S. The number of pyridine rings is 1. The number of hydrogen-bond donors (Lipinski definition) is 1. The maximum Gasteiger partial charge on any atom is 0.304 e. The van der Waals surface area contributed by atoms with Crippen molar-refractivity contribution < 1.29 is 14.6 Å². The minimum absolute atomic E-state index is 0.224. The summed E-state index contributed by atoms with van der Waals surface area (Å²) in [5.74, 6) is 0.0551. The molecule has 0 amide bonds. The Morgan fingerprint density at radius 1 is 1.07 bits per heavy atom. The van der Waals surface area contributed by atoms with Crippen molar-refractivity contribution in [2.45, 2.75) is 12.8 Å². The number of rotatable bonds is 8.